The van der Waals surface area contributed by atoms with Gasteiger partial charge in [-0.25, -0.2) is 4.39 Å². The van der Waals surface area contributed by atoms with Crippen molar-refractivity contribution in [2.45, 2.75) is 23.1 Å². The minimum absolute atomic E-state index is 0.343. The predicted molar refractivity (Wildman–Crippen MR) is 101 cm³/mol. The van der Waals surface area contributed by atoms with E-state index in [1.165, 1.54) is 41.2 Å². The van der Waals surface area contributed by atoms with Gasteiger partial charge in [-0.3, -0.25) is 10.1 Å². The molecule has 26 heavy (non-hydrogen) atoms. The van der Waals surface area contributed by atoms with E-state index in [-0.39, 0.29) is 11.7 Å². The zero-order valence-electron chi connectivity index (χ0n) is 13.9. The third-order valence-corrected chi connectivity index (χ3v) is 5.38. The maximum absolute atomic E-state index is 12.9. The van der Waals surface area contributed by atoms with E-state index in [2.05, 4.69) is 15.5 Å². The third kappa shape index (κ3) is 5.27. The molecule has 0 bridgehead atoms. The molecule has 1 heterocycles. The molecule has 3 rings (SSSR count). The molecule has 0 aliphatic heterocycles. The minimum atomic E-state index is -0.746. The maximum Gasteiger partial charge on any atom is 0.266 e. The van der Waals surface area contributed by atoms with Crippen molar-refractivity contribution in [2.75, 3.05) is 5.32 Å². The van der Waals surface area contributed by atoms with Gasteiger partial charge < -0.3 is 4.74 Å². The monoisotopic (exact) mass is 389 g/mol. The largest absolute Gasteiger partial charge is 0.481 e. The molecule has 0 radical (unpaired) electrons. The van der Waals surface area contributed by atoms with Gasteiger partial charge in [0.25, 0.3) is 5.91 Å². The van der Waals surface area contributed by atoms with Crippen molar-refractivity contribution in [3.63, 3.8) is 0 Å². The first kappa shape index (κ1) is 18.3. The van der Waals surface area contributed by atoms with Crippen LogP contribution in [0.5, 0.6) is 5.75 Å². The van der Waals surface area contributed by atoms with Gasteiger partial charge in [0, 0.05) is 5.75 Å². The van der Waals surface area contributed by atoms with Gasteiger partial charge >= 0.3 is 0 Å². The molecule has 134 valence electrons. The Morgan fingerprint density at radius 2 is 1.92 bits per heavy atom. The number of halogens is 1. The molecule has 1 aromatic heterocycles. The van der Waals surface area contributed by atoms with E-state index in [0.29, 0.717) is 10.9 Å². The summed E-state index contributed by atoms with van der Waals surface area (Å²) < 4.78 is 19.2. The molecule has 5 nitrogen and oxygen atoms in total. The van der Waals surface area contributed by atoms with Crippen molar-refractivity contribution in [3.05, 3.63) is 66.0 Å². The fraction of sp³-hybridized carbons (Fsp3) is 0.167. The zero-order chi connectivity index (χ0) is 18.4. The van der Waals surface area contributed by atoms with Crippen molar-refractivity contribution in [3.8, 4) is 5.75 Å². The molecule has 0 saturated heterocycles. The third-order valence-electron chi connectivity index (χ3n) is 3.34. The van der Waals surface area contributed by atoms with Gasteiger partial charge in [-0.2, -0.15) is 0 Å². The average molecular weight is 389 g/mol. The molecule has 8 heteroatoms. The summed E-state index contributed by atoms with van der Waals surface area (Å²) in [5, 5.41) is 11.2. The highest BCUT2D eigenvalue weighted by Crippen LogP contribution is 2.28. The molecule has 0 fully saturated rings. The second-order valence-electron chi connectivity index (χ2n) is 5.35. The van der Waals surface area contributed by atoms with Crippen molar-refractivity contribution in [2.24, 2.45) is 0 Å². The van der Waals surface area contributed by atoms with Gasteiger partial charge in [-0.15, -0.1) is 10.2 Å². The number of thioether (sulfide) groups is 1. The molecule has 0 aliphatic rings. The quantitative estimate of drug-likeness (QED) is 0.480. The summed E-state index contributed by atoms with van der Waals surface area (Å²) in [5.41, 5.74) is 1.19. The minimum Gasteiger partial charge on any atom is -0.481 e. The molecule has 0 aliphatic carbocycles. The SMILES string of the molecule is CC(Oc1ccc(F)cc1)C(=O)Nc1nnc(SCc2ccccc2)s1. The predicted octanol–water partition coefficient (Wildman–Crippen LogP) is 4.38. The summed E-state index contributed by atoms with van der Waals surface area (Å²) in [7, 11) is 0. The van der Waals surface area contributed by atoms with Crippen LogP contribution in [0.25, 0.3) is 0 Å². The lowest BCUT2D eigenvalue weighted by atomic mass is 10.2. The molecule has 3 aromatic rings. The van der Waals surface area contributed by atoms with Crippen LogP contribution in [0.2, 0.25) is 0 Å². The Hall–Kier alpha value is -2.45. The van der Waals surface area contributed by atoms with E-state index in [1.54, 1.807) is 18.7 Å². The van der Waals surface area contributed by atoms with Crippen molar-refractivity contribution in [1.82, 2.24) is 10.2 Å². The van der Waals surface area contributed by atoms with Crippen LogP contribution >= 0.6 is 23.1 Å². The molecule has 1 atom stereocenters. The number of carbonyl (C=O) groups is 1. The van der Waals surface area contributed by atoms with E-state index in [1.807, 2.05) is 30.3 Å². The maximum atomic E-state index is 12.9. The number of hydrogen-bond donors (Lipinski definition) is 1. The van der Waals surface area contributed by atoms with Gasteiger partial charge in [-0.1, -0.05) is 53.4 Å². The van der Waals surface area contributed by atoms with Crippen LogP contribution in [0.3, 0.4) is 0 Å². The molecular weight excluding hydrogens is 373 g/mol. The fourth-order valence-corrected chi connectivity index (χ4v) is 3.73. The molecule has 2 aromatic carbocycles. The lowest BCUT2D eigenvalue weighted by Crippen LogP contribution is -2.30. The first-order valence-corrected chi connectivity index (χ1v) is 9.63. The topological polar surface area (TPSA) is 64.1 Å². The van der Waals surface area contributed by atoms with E-state index in [0.717, 1.165) is 10.1 Å². The van der Waals surface area contributed by atoms with Crippen LogP contribution in [0.15, 0.2) is 58.9 Å². The van der Waals surface area contributed by atoms with Crippen LogP contribution in [-0.2, 0) is 10.5 Å². The number of nitrogens with zero attached hydrogens (tertiary/aromatic N) is 2. The van der Waals surface area contributed by atoms with Crippen molar-refractivity contribution in [1.29, 1.82) is 0 Å². The molecule has 1 amide bonds. The highest BCUT2D eigenvalue weighted by Gasteiger charge is 2.17. The highest BCUT2D eigenvalue weighted by atomic mass is 32.2. The molecule has 1 N–H and O–H groups in total. The van der Waals surface area contributed by atoms with E-state index in [9.17, 15) is 9.18 Å². The van der Waals surface area contributed by atoms with Crippen molar-refractivity contribution < 1.29 is 13.9 Å². The number of rotatable bonds is 7. The number of anilines is 1. The van der Waals surface area contributed by atoms with Gasteiger partial charge in [-0.05, 0) is 36.8 Å². The number of ether oxygens (including phenoxy) is 1. The summed E-state index contributed by atoms with van der Waals surface area (Å²) in [6.45, 7) is 1.62. The first-order chi connectivity index (χ1) is 12.6. The molecule has 0 saturated carbocycles. The Balaban J connectivity index is 1.51. The Morgan fingerprint density at radius 1 is 1.19 bits per heavy atom. The number of aromatic nitrogens is 2. The lowest BCUT2D eigenvalue weighted by Gasteiger charge is -2.13. The fourth-order valence-electron chi connectivity index (χ4n) is 2.02. The number of carbonyl (C=O) groups excluding carboxylic acids is 1. The molecular formula is C18H16FN3O2S2. The van der Waals surface area contributed by atoms with E-state index < -0.39 is 6.10 Å². The number of hydrogen-bond acceptors (Lipinski definition) is 6. The van der Waals surface area contributed by atoms with Gasteiger partial charge in [0.2, 0.25) is 5.13 Å². The summed E-state index contributed by atoms with van der Waals surface area (Å²) in [4.78, 5) is 12.2. The second kappa shape index (κ2) is 8.77. The molecule has 0 spiro atoms. The molecule has 1 unspecified atom stereocenters. The summed E-state index contributed by atoms with van der Waals surface area (Å²) >= 11 is 2.87. The van der Waals surface area contributed by atoms with Crippen LogP contribution in [0, 0.1) is 5.82 Å². The van der Waals surface area contributed by atoms with Gasteiger partial charge in [0.1, 0.15) is 11.6 Å². The van der Waals surface area contributed by atoms with Crippen LogP contribution in [0.4, 0.5) is 9.52 Å². The standard InChI is InChI=1S/C18H16FN3O2S2/c1-12(24-15-9-7-14(19)8-10-15)16(23)20-17-21-22-18(26-17)25-11-13-5-3-2-4-6-13/h2-10,12H,11H2,1H3,(H,20,21,23). The van der Waals surface area contributed by atoms with Gasteiger partial charge in [0.15, 0.2) is 10.4 Å². The second-order valence-corrected chi connectivity index (χ2v) is 7.55. The number of benzene rings is 2. The Kier molecular flexibility index (Phi) is 6.19. The lowest BCUT2D eigenvalue weighted by molar-refractivity contribution is -0.122. The average Bonchev–Trinajstić information content (AvgIpc) is 3.10. The van der Waals surface area contributed by atoms with E-state index >= 15 is 0 Å². The number of amides is 1. The van der Waals surface area contributed by atoms with Crippen LogP contribution in [-0.4, -0.2) is 22.2 Å². The van der Waals surface area contributed by atoms with Gasteiger partial charge in [0.05, 0.1) is 0 Å². The summed E-state index contributed by atoms with van der Waals surface area (Å²) in [6.07, 6.45) is -0.746. The number of nitrogens with one attached hydrogen (secondary N) is 1. The Labute approximate surface area is 158 Å². The van der Waals surface area contributed by atoms with Crippen LogP contribution in [0.1, 0.15) is 12.5 Å². The summed E-state index contributed by atoms with van der Waals surface area (Å²) in [5.74, 6) is 0.507. The Morgan fingerprint density at radius 3 is 2.65 bits per heavy atom. The summed E-state index contributed by atoms with van der Waals surface area (Å²) in [6, 6.07) is 15.6. The smallest absolute Gasteiger partial charge is 0.266 e. The van der Waals surface area contributed by atoms with Crippen LogP contribution < -0.4 is 10.1 Å². The van der Waals surface area contributed by atoms with E-state index in [4.69, 9.17) is 4.74 Å². The normalized spacial score (nSPS) is 11.8. The Bertz CT molecular complexity index is 856. The zero-order valence-corrected chi connectivity index (χ0v) is 15.5. The van der Waals surface area contributed by atoms with Crippen molar-refractivity contribution >= 4 is 34.1 Å². The first-order valence-electron chi connectivity index (χ1n) is 7.83. The highest BCUT2D eigenvalue weighted by molar-refractivity contribution is 8.00.